The van der Waals surface area contributed by atoms with Crippen LogP contribution in [0.15, 0.2) is 34.1 Å². The van der Waals surface area contributed by atoms with Gasteiger partial charge in [-0.3, -0.25) is 4.79 Å². The van der Waals surface area contributed by atoms with Gasteiger partial charge in [-0.05, 0) is 37.5 Å². The van der Waals surface area contributed by atoms with Crippen molar-refractivity contribution in [2.75, 3.05) is 11.9 Å². The first kappa shape index (κ1) is 21.0. The molecule has 0 saturated carbocycles. The van der Waals surface area contributed by atoms with Gasteiger partial charge in [-0.15, -0.1) is 11.3 Å². The average molecular weight is 493 g/mol. The highest BCUT2D eigenvalue weighted by Crippen LogP contribution is 2.44. The number of esters is 1. The standard InChI is InChI=1S/C21H20BrNO6S/c1-2-28-21(27)15-12(10-4-3-5-11(22)8-10)9-30-19(15)23-18(24)16-13-6-7-14(29-13)17(16)20(25)26/h3-5,8-9,13-14,16-17H,2,6-7H2,1H3,(H,23,24)(H,25,26)/p-1/t13-,14+,16+,17-/m0/s1. The molecule has 4 rings (SSSR count). The first-order valence-electron chi connectivity index (χ1n) is 9.62. The molecule has 4 atom stereocenters. The fourth-order valence-corrected chi connectivity index (χ4v) is 5.59. The van der Waals surface area contributed by atoms with Crippen molar-refractivity contribution in [3.8, 4) is 11.1 Å². The molecule has 1 aromatic carbocycles. The number of fused-ring (bicyclic) bond motifs is 2. The number of halogens is 1. The number of anilines is 1. The molecule has 2 bridgehead atoms. The summed E-state index contributed by atoms with van der Waals surface area (Å²) in [6.07, 6.45) is 0.285. The first-order chi connectivity index (χ1) is 14.4. The van der Waals surface area contributed by atoms with E-state index < -0.39 is 41.9 Å². The summed E-state index contributed by atoms with van der Waals surface area (Å²) in [5.74, 6) is -4.15. The smallest absolute Gasteiger partial charge is 0.341 e. The predicted octanol–water partition coefficient (Wildman–Crippen LogP) is 2.84. The van der Waals surface area contributed by atoms with Crippen molar-refractivity contribution >= 4 is 50.1 Å². The Labute approximate surface area is 185 Å². The van der Waals surface area contributed by atoms with E-state index in [2.05, 4.69) is 21.2 Å². The summed E-state index contributed by atoms with van der Waals surface area (Å²) in [4.78, 5) is 37.3. The van der Waals surface area contributed by atoms with Crippen LogP contribution in [0.2, 0.25) is 0 Å². The Bertz CT molecular complexity index is 1010. The minimum atomic E-state index is -1.28. The number of carboxylic acids is 1. The lowest BCUT2D eigenvalue weighted by Crippen LogP contribution is -2.46. The van der Waals surface area contributed by atoms with Gasteiger partial charge in [-0.2, -0.15) is 0 Å². The van der Waals surface area contributed by atoms with E-state index in [-0.39, 0.29) is 12.2 Å². The number of hydrogen-bond acceptors (Lipinski definition) is 7. The Morgan fingerprint density at radius 2 is 2.00 bits per heavy atom. The Morgan fingerprint density at radius 1 is 1.27 bits per heavy atom. The zero-order valence-corrected chi connectivity index (χ0v) is 18.5. The minimum Gasteiger partial charge on any atom is -0.550 e. The molecule has 7 nitrogen and oxygen atoms in total. The van der Waals surface area contributed by atoms with Crippen molar-refractivity contribution < 1.29 is 29.0 Å². The van der Waals surface area contributed by atoms with Gasteiger partial charge in [-0.25, -0.2) is 4.79 Å². The van der Waals surface area contributed by atoms with Crippen molar-refractivity contribution in [2.45, 2.75) is 32.0 Å². The van der Waals surface area contributed by atoms with E-state index in [0.717, 1.165) is 10.0 Å². The quantitative estimate of drug-likeness (QED) is 0.621. The van der Waals surface area contributed by atoms with Gasteiger partial charge in [0.15, 0.2) is 0 Å². The number of thiophene rings is 1. The Kier molecular flexibility index (Phi) is 5.95. The lowest BCUT2D eigenvalue weighted by atomic mass is 9.79. The molecule has 2 fully saturated rings. The maximum absolute atomic E-state index is 13.0. The SMILES string of the molecule is CCOC(=O)c1c(-c2cccc(Br)c2)csc1NC(=O)[C@H]1[C@@H](C(=O)[O-])[C@H]2CC[C@@H]1O2. The van der Waals surface area contributed by atoms with E-state index >= 15 is 0 Å². The number of ether oxygens (including phenoxy) is 2. The van der Waals surface area contributed by atoms with E-state index in [4.69, 9.17) is 9.47 Å². The van der Waals surface area contributed by atoms with E-state index in [1.165, 1.54) is 11.3 Å². The fourth-order valence-electron chi connectivity index (χ4n) is 4.23. The highest BCUT2D eigenvalue weighted by atomic mass is 79.9. The van der Waals surface area contributed by atoms with Crippen molar-refractivity contribution in [3.05, 3.63) is 39.7 Å². The van der Waals surface area contributed by atoms with Crippen LogP contribution in [-0.2, 0) is 19.1 Å². The largest absolute Gasteiger partial charge is 0.550 e. The third-order valence-corrected chi connectivity index (χ3v) is 6.88. The summed E-state index contributed by atoms with van der Waals surface area (Å²) >= 11 is 4.62. The fraction of sp³-hybridized carbons (Fsp3) is 0.381. The lowest BCUT2D eigenvalue weighted by Gasteiger charge is -2.27. The maximum Gasteiger partial charge on any atom is 0.341 e. The third-order valence-electron chi connectivity index (χ3n) is 5.49. The van der Waals surface area contributed by atoms with Crippen LogP contribution in [0.4, 0.5) is 5.00 Å². The molecule has 158 valence electrons. The summed E-state index contributed by atoms with van der Waals surface area (Å²) in [5, 5.41) is 16.5. The second-order valence-electron chi connectivity index (χ2n) is 7.23. The van der Waals surface area contributed by atoms with Gasteiger partial charge < -0.3 is 24.7 Å². The zero-order chi connectivity index (χ0) is 21.4. The summed E-state index contributed by atoms with van der Waals surface area (Å²) in [7, 11) is 0. The minimum absolute atomic E-state index is 0.187. The summed E-state index contributed by atoms with van der Waals surface area (Å²) in [5.41, 5.74) is 1.68. The molecule has 1 aromatic heterocycles. The van der Waals surface area contributed by atoms with Crippen LogP contribution in [0.5, 0.6) is 0 Å². The molecule has 30 heavy (non-hydrogen) atoms. The van der Waals surface area contributed by atoms with E-state index in [0.29, 0.717) is 23.4 Å². The molecule has 0 unspecified atom stereocenters. The van der Waals surface area contributed by atoms with Crippen molar-refractivity contribution in [3.63, 3.8) is 0 Å². The van der Waals surface area contributed by atoms with Crippen molar-refractivity contribution in [1.29, 1.82) is 0 Å². The molecule has 1 amide bonds. The van der Waals surface area contributed by atoms with Crippen molar-refractivity contribution in [2.24, 2.45) is 11.8 Å². The van der Waals surface area contributed by atoms with Crippen LogP contribution in [0.1, 0.15) is 30.1 Å². The van der Waals surface area contributed by atoms with Crippen LogP contribution >= 0.6 is 27.3 Å². The molecule has 0 radical (unpaired) electrons. The monoisotopic (exact) mass is 492 g/mol. The van der Waals surface area contributed by atoms with Crippen molar-refractivity contribution in [1.82, 2.24) is 0 Å². The summed E-state index contributed by atoms with van der Waals surface area (Å²) < 4.78 is 11.7. The number of carbonyl (C=O) groups is 3. The topological polar surface area (TPSA) is 105 Å². The van der Waals surface area contributed by atoms with E-state index in [1.807, 2.05) is 24.3 Å². The van der Waals surface area contributed by atoms with Gasteiger partial charge in [0.1, 0.15) is 10.6 Å². The third kappa shape index (κ3) is 3.77. The van der Waals surface area contributed by atoms with Crippen LogP contribution in [-0.4, -0.2) is 36.7 Å². The zero-order valence-electron chi connectivity index (χ0n) is 16.1. The Balaban J connectivity index is 1.66. The molecule has 1 N–H and O–H groups in total. The maximum atomic E-state index is 13.0. The summed E-state index contributed by atoms with van der Waals surface area (Å²) in [6, 6.07) is 7.45. The molecular formula is C21H19BrNO6S-. The van der Waals surface area contributed by atoms with Gasteiger partial charge in [0.05, 0.1) is 24.7 Å². The van der Waals surface area contributed by atoms with Crippen LogP contribution < -0.4 is 10.4 Å². The average Bonchev–Trinajstić information content (AvgIpc) is 3.42. The molecular weight excluding hydrogens is 474 g/mol. The number of carbonyl (C=O) groups excluding carboxylic acids is 3. The van der Waals surface area contributed by atoms with E-state index in [9.17, 15) is 19.5 Å². The highest BCUT2D eigenvalue weighted by Gasteiger charge is 2.53. The van der Waals surface area contributed by atoms with E-state index in [1.54, 1.807) is 12.3 Å². The van der Waals surface area contributed by atoms with Gasteiger partial charge in [0, 0.05) is 27.3 Å². The van der Waals surface area contributed by atoms with Gasteiger partial charge in [-0.1, -0.05) is 28.1 Å². The number of carboxylic acid groups (broad SMARTS) is 1. The Morgan fingerprint density at radius 3 is 2.67 bits per heavy atom. The predicted molar refractivity (Wildman–Crippen MR) is 112 cm³/mol. The molecule has 2 aliphatic heterocycles. The van der Waals surface area contributed by atoms with Gasteiger partial charge in [0.25, 0.3) is 0 Å². The summed E-state index contributed by atoms with van der Waals surface area (Å²) in [6.45, 7) is 1.89. The molecule has 3 heterocycles. The second-order valence-corrected chi connectivity index (χ2v) is 9.03. The number of nitrogens with one attached hydrogen (secondary N) is 1. The Hall–Kier alpha value is -2.23. The molecule has 2 saturated heterocycles. The van der Waals surface area contributed by atoms with Gasteiger partial charge >= 0.3 is 5.97 Å². The molecule has 0 spiro atoms. The lowest BCUT2D eigenvalue weighted by molar-refractivity contribution is -0.313. The van der Waals surface area contributed by atoms with Crippen LogP contribution in [0.25, 0.3) is 11.1 Å². The molecule has 0 aliphatic carbocycles. The number of benzene rings is 1. The normalized spacial score (nSPS) is 24.6. The number of rotatable bonds is 6. The molecule has 9 heteroatoms. The van der Waals surface area contributed by atoms with Gasteiger partial charge in [0.2, 0.25) is 5.91 Å². The van der Waals surface area contributed by atoms with Crippen LogP contribution in [0, 0.1) is 11.8 Å². The number of aliphatic carboxylic acids is 1. The highest BCUT2D eigenvalue weighted by molar-refractivity contribution is 9.10. The molecule has 2 aliphatic rings. The van der Waals surface area contributed by atoms with Crippen LogP contribution in [0.3, 0.4) is 0 Å². The first-order valence-corrected chi connectivity index (χ1v) is 11.3. The second kappa shape index (κ2) is 8.49. The number of hydrogen-bond donors (Lipinski definition) is 1. The number of amides is 1. The molecule has 2 aromatic rings.